The Kier molecular flexibility index (Phi) is 10.0. The Labute approximate surface area is 422 Å². The minimum Gasteiger partial charge on any atom is -0.458 e. The fourth-order valence-corrected chi connectivity index (χ4v) is 9.58. The minimum atomic E-state index is -0.438. The topological polar surface area (TPSA) is 35.9 Å². The highest BCUT2D eigenvalue weighted by atomic mass is 16.5. The fraction of sp³-hybridized carbons (Fsp3) is 0.262. The molecule has 0 aliphatic rings. The first kappa shape index (κ1) is 40.6. The molecule has 10 rings (SSSR count). The van der Waals surface area contributed by atoms with E-state index in [4.69, 9.17) is 13.8 Å². The third-order valence-electron chi connectivity index (χ3n) is 13.3. The van der Waals surface area contributed by atoms with Gasteiger partial charge in [-0.3, -0.25) is 13.7 Å². The number of rotatable bonds is 8. The molecule has 5 nitrogen and oxygen atoms in total. The summed E-state index contributed by atoms with van der Waals surface area (Å²) in [6, 6.07) is 44.2. The van der Waals surface area contributed by atoms with Crippen molar-refractivity contribution in [2.75, 3.05) is 0 Å². The van der Waals surface area contributed by atoms with Crippen LogP contribution in [-0.2, 0) is 22.7 Å². The molecule has 0 unspecified atom stereocenters. The number of hydrogen-bond donors (Lipinski definition) is 0. The van der Waals surface area contributed by atoms with Crippen LogP contribution in [0, 0.1) is 11.7 Å². The maximum absolute atomic E-state index is 9.24. The molecule has 3 heterocycles. The normalized spacial score (nSPS) is 13.6. The second-order valence-electron chi connectivity index (χ2n) is 23.1. The summed E-state index contributed by atoms with van der Waals surface area (Å²) in [5.74, 6) is 2.15. The third kappa shape index (κ3) is 9.06. The Morgan fingerprint density at radius 3 is 1.93 bits per heavy atom. The standard InChI is InChI=1S/C65H66N4O/c1-62(2,3)41-43-28-31-56-55(34-43)54-30-29-51(40-59(54)69(56)60-38-46(32-33-66-60)63(4,5)6)70-50-23-18-22-49(39-50)67-42-68(58-27-17-16-26-57(58)67)61-52(44-20-14-13-15-21-44)24-19-25-53(61)45-35-47(64(7,8)9)37-48(36-45)65(10,11)12/h13-40H,41H2,1-12H3/i13D,14D,15D,20D,21D. The highest BCUT2D eigenvalue weighted by molar-refractivity contribution is 6.09. The minimum absolute atomic E-state index is 0.0679. The monoisotopic (exact) mass is 924 g/mol. The molecule has 0 atom stereocenters. The summed E-state index contributed by atoms with van der Waals surface area (Å²) in [6.07, 6.45) is 6.57. The van der Waals surface area contributed by atoms with Gasteiger partial charge in [0.2, 0.25) is 0 Å². The molecule has 0 fully saturated rings. The van der Waals surface area contributed by atoms with Crippen LogP contribution in [0.1, 0.15) is 112 Å². The van der Waals surface area contributed by atoms with Crippen LogP contribution in [0.4, 0.5) is 0 Å². The maximum Gasteiger partial charge on any atom is 0.269 e. The average Bonchev–Trinajstić information content (AvgIpc) is 3.91. The Morgan fingerprint density at radius 2 is 1.23 bits per heavy atom. The molecular weight excluding hydrogens is 853 g/mol. The van der Waals surface area contributed by atoms with E-state index in [1.54, 1.807) is 0 Å². The van der Waals surface area contributed by atoms with E-state index in [0.717, 1.165) is 67.6 Å². The van der Waals surface area contributed by atoms with Crippen molar-refractivity contribution in [3.05, 3.63) is 198 Å². The summed E-state index contributed by atoms with van der Waals surface area (Å²) >= 11 is 0. The summed E-state index contributed by atoms with van der Waals surface area (Å²) in [4.78, 5) is 4.95. The number of ether oxygens (including phenoxy) is 1. The summed E-state index contributed by atoms with van der Waals surface area (Å²) in [5, 5.41) is 2.28. The van der Waals surface area contributed by atoms with Gasteiger partial charge in [0.1, 0.15) is 17.3 Å². The second kappa shape index (κ2) is 17.3. The maximum atomic E-state index is 9.24. The molecule has 3 aromatic heterocycles. The Bertz CT molecular complexity index is 3830. The first-order chi connectivity index (χ1) is 35.3. The lowest BCUT2D eigenvalue weighted by atomic mass is 9.78. The summed E-state index contributed by atoms with van der Waals surface area (Å²) in [7, 11) is 0. The zero-order chi connectivity index (χ0) is 53.7. The van der Waals surface area contributed by atoms with Gasteiger partial charge in [0.25, 0.3) is 6.33 Å². The van der Waals surface area contributed by atoms with Crippen LogP contribution in [0.15, 0.2) is 170 Å². The first-order valence-corrected chi connectivity index (χ1v) is 24.4. The van der Waals surface area contributed by atoms with Gasteiger partial charge in [-0.1, -0.05) is 186 Å². The number of fused-ring (bicyclic) bond motifs is 4. The quantitative estimate of drug-likeness (QED) is 0.112. The molecule has 7 aromatic carbocycles. The molecule has 0 N–H and O–H groups in total. The zero-order valence-electron chi connectivity index (χ0n) is 47.7. The summed E-state index contributed by atoms with van der Waals surface area (Å²) in [5.41, 5.74) is 12.0. The van der Waals surface area contributed by atoms with Gasteiger partial charge in [-0.25, -0.2) is 4.98 Å². The third-order valence-corrected chi connectivity index (χ3v) is 13.3. The van der Waals surface area contributed by atoms with Crippen molar-refractivity contribution < 1.29 is 16.2 Å². The van der Waals surface area contributed by atoms with E-state index in [1.165, 1.54) is 16.5 Å². The van der Waals surface area contributed by atoms with Gasteiger partial charge >= 0.3 is 0 Å². The van der Waals surface area contributed by atoms with Crippen molar-refractivity contribution >= 4 is 32.8 Å². The molecule has 70 heavy (non-hydrogen) atoms. The van der Waals surface area contributed by atoms with Crippen LogP contribution >= 0.6 is 0 Å². The summed E-state index contributed by atoms with van der Waals surface area (Å²) < 4.78 is 57.5. The van der Waals surface area contributed by atoms with Crippen LogP contribution in [0.2, 0.25) is 0 Å². The van der Waals surface area contributed by atoms with E-state index < -0.39 is 18.1 Å². The second-order valence-corrected chi connectivity index (χ2v) is 23.1. The summed E-state index contributed by atoms with van der Waals surface area (Å²) in [6.45, 7) is 26.8. The van der Waals surface area contributed by atoms with Gasteiger partial charge in [0.05, 0.1) is 40.3 Å². The van der Waals surface area contributed by atoms with E-state index in [0.29, 0.717) is 22.7 Å². The van der Waals surface area contributed by atoms with Gasteiger partial charge in [-0.05, 0) is 127 Å². The van der Waals surface area contributed by atoms with Crippen molar-refractivity contribution in [2.24, 2.45) is 5.41 Å². The molecule has 0 radical (unpaired) electrons. The predicted molar refractivity (Wildman–Crippen MR) is 292 cm³/mol. The van der Waals surface area contributed by atoms with Crippen LogP contribution in [0.3, 0.4) is 0 Å². The molecule has 352 valence electrons. The lowest BCUT2D eigenvalue weighted by Crippen LogP contribution is -2.31. The number of benzene rings is 7. The van der Waals surface area contributed by atoms with Crippen LogP contribution in [0.5, 0.6) is 11.5 Å². The number of para-hydroxylation sites is 3. The van der Waals surface area contributed by atoms with Crippen molar-refractivity contribution in [1.29, 1.82) is 0 Å². The number of hydrogen-bond acceptors (Lipinski definition) is 2. The largest absolute Gasteiger partial charge is 0.458 e. The molecule has 0 bridgehead atoms. The number of aromatic nitrogens is 4. The number of imidazole rings is 1. The van der Waals surface area contributed by atoms with E-state index in [-0.39, 0.29) is 39.3 Å². The average molecular weight is 924 g/mol. The van der Waals surface area contributed by atoms with E-state index in [2.05, 4.69) is 161 Å². The van der Waals surface area contributed by atoms with Gasteiger partial charge in [0.15, 0.2) is 0 Å². The van der Waals surface area contributed by atoms with Crippen LogP contribution in [0.25, 0.3) is 72.3 Å². The van der Waals surface area contributed by atoms with Crippen molar-refractivity contribution in [3.63, 3.8) is 0 Å². The van der Waals surface area contributed by atoms with Crippen molar-refractivity contribution in [2.45, 2.75) is 106 Å². The van der Waals surface area contributed by atoms with Gasteiger partial charge in [-0.15, -0.1) is 0 Å². The van der Waals surface area contributed by atoms with Gasteiger partial charge in [0, 0.05) is 23.0 Å². The molecule has 5 heteroatoms. The van der Waals surface area contributed by atoms with E-state index >= 15 is 0 Å². The Morgan fingerprint density at radius 1 is 0.557 bits per heavy atom. The zero-order valence-corrected chi connectivity index (χ0v) is 42.7. The lowest BCUT2D eigenvalue weighted by Gasteiger charge is -2.27. The highest BCUT2D eigenvalue weighted by Gasteiger charge is 2.25. The number of nitrogens with zero attached hydrogens (tertiary/aromatic N) is 4. The molecule has 0 aliphatic carbocycles. The highest BCUT2D eigenvalue weighted by Crippen LogP contribution is 2.41. The van der Waals surface area contributed by atoms with E-state index in [1.807, 2.05) is 82.1 Å². The number of pyridine rings is 1. The molecular formula is C65H66N4O. The molecule has 0 saturated carbocycles. The predicted octanol–water partition coefficient (Wildman–Crippen LogP) is 16.8. The molecule has 0 saturated heterocycles. The molecule has 0 aliphatic heterocycles. The molecule has 0 spiro atoms. The SMILES string of the molecule is [2H]c1c([2H])c([2H])c(-c2cccc(-c3cc(C(C)(C)C)cc(C(C)(C)C)c3)c2-[n+]2[c-]n(-c3cccc(Oc4ccc5c6cc(CC(C)(C)C)ccc6n(-c6cc(C(C)(C)C)ccn6)c5c4)c3)c3ccccc32)c([2H])c1[2H]. The first-order valence-electron chi connectivity index (χ1n) is 26.9. The van der Waals surface area contributed by atoms with Crippen molar-refractivity contribution in [1.82, 2.24) is 14.1 Å². The smallest absolute Gasteiger partial charge is 0.269 e. The van der Waals surface area contributed by atoms with Crippen LogP contribution in [-0.4, -0.2) is 14.1 Å². The van der Waals surface area contributed by atoms with Crippen LogP contribution < -0.4 is 9.30 Å². The van der Waals surface area contributed by atoms with E-state index in [9.17, 15) is 2.74 Å². The fourth-order valence-electron chi connectivity index (χ4n) is 9.58. The molecule has 10 aromatic rings. The van der Waals surface area contributed by atoms with Gasteiger partial charge in [-0.2, -0.15) is 0 Å². The Hall–Kier alpha value is -7.24. The van der Waals surface area contributed by atoms with Gasteiger partial charge < -0.3 is 4.74 Å². The molecule has 0 amide bonds. The van der Waals surface area contributed by atoms with Crippen molar-refractivity contribution in [3.8, 4) is 50.9 Å². The lowest BCUT2D eigenvalue weighted by molar-refractivity contribution is -0.571. The Balaban J connectivity index is 1.14.